The number of aromatic nitrogens is 1. The number of nitrogens with one attached hydrogen (secondary N) is 1. The number of likely N-dealkylation sites (N-methyl/N-ethyl adjacent to an activating group) is 1. The lowest BCUT2D eigenvalue weighted by Crippen LogP contribution is -2.50. The fraction of sp³-hybridized carbons (Fsp3) is 0.643. The Morgan fingerprint density at radius 3 is 2.62 bits per heavy atom. The normalized spacial score (nSPS) is 19.6. The molecule has 1 aliphatic rings. The highest BCUT2D eigenvalue weighted by Gasteiger charge is 2.41. The van der Waals surface area contributed by atoms with E-state index in [0.717, 1.165) is 0 Å². The molecule has 0 radical (unpaired) electrons. The Morgan fingerprint density at radius 2 is 2.10 bits per heavy atom. The van der Waals surface area contributed by atoms with Crippen LogP contribution >= 0.6 is 0 Å². The summed E-state index contributed by atoms with van der Waals surface area (Å²) in [6, 6.07) is 2.98. The van der Waals surface area contributed by atoms with Gasteiger partial charge in [0, 0.05) is 31.2 Å². The Kier molecular flexibility index (Phi) is 4.95. The van der Waals surface area contributed by atoms with Gasteiger partial charge in [-0.1, -0.05) is 0 Å². The van der Waals surface area contributed by atoms with E-state index in [2.05, 4.69) is 10.3 Å². The summed E-state index contributed by atoms with van der Waals surface area (Å²) in [7, 11) is -1.36. The van der Waals surface area contributed by atoms with Crippen molar-refractivity contribution in [2.75, 3.05) is 32.4 Å². The van der Waals surface area contributed by atoms with Gasteiger partial charge in [0.05, 0.1) is 11.4 Å². The van der Waals surface area contributed by atoms with Gasteiger partial charge in [-0.3, -0.25) is 4.98 Å². The largest absolute Gasteiger partial charge is 0.319 e. The fourth-order valence-corrected chi connectivity index (χ4v) is 4.09. The first-order chi connectivity index (χ1) is 9.95. The maximum absolute atomic E-state index is 14.1. The molecular formula is C14H22FN3O2S. The molecular weight excluding hydrogens is 293 g/mol. The average Bonchev–Trinajstić information content (AvgIpc) is 2.48. The smallest absolute Gasteiger partial charge is 0.213 e. The highest BCUT2D eigenvalue weighted by Crippen LogP contribution is 2.36. The second kappa shape index (κ2) is 6.37. The first-order valence-electron chi connectivity index (χ1n) is 7.18. The first-order valence-corrected chi connectivity index (χ1v) is 8.79. The minimum atomic E-state index is -3.18. The fourth-order valence-electron chi connectivity index (χ4n) is 2.99. The lowest BCUT2D eigenvalue weighted by atomic mass is 9.75. The Bertz CT molecular complexity index is 584. The molecule has 7 heteroatoms. The van der Waals surface area contributed by atoms with Gasteiger partial charge in [0.2, 0.25) is 10.0 Å². The van der Waals surface area contributed by atoms with Crippen LogP contribution in [-0.4, -0.2) is 50.1 Å². The number of halogens is 1. The second-order valence-corrected chi connectivity index (χ2v) is 7.70. The van der Waals surface area contributed by atoms with Gasteiger partial charge in [-0.15, -0.1) is 0 Å². The zero-order valence-corrected chi connectivity index (χ0v) is 13.3. The van der Waals surface area contributed by atoms with Crippen molar-refractivity contribution in [1.29, 1.82) is 0 Å². The topological polar surface area (TPSA) is 62.3 Å². The maximum atomic E-state index is 14.1. The van der Waals surface area contributed by atoms with E-state index >= 15 is 0 Å². The summed E-state index contributed by atoms with van der Waals surface area (Å²) in [6.07, 6.45) is 2.73. The van der Waals surface area contributed by atoms with Crippen molar-refractivity contribution in [2.45, 2.75) is 25.2 Å². The van der Waals surface area contributed by atoms with Crippen LogP contribution in [0.15, 0.2) is 18.3 Å². The Balaban J connectivity index is 2.26. The highest BCUT2D eigenvalue weighted by atomic mass is 32.2. The third-order valence-electron chi connectivity index (χ3n) is 4.21. The van der Waals surface area contributed by atoms with Crippen molar-refractivity contribution in [3.05, 3.63) is 29.8 Å². The van der Waals surface area contributed by atoms with E-state index in [0.29, 0.717) is 38.2 Å². The zero-order chi connectivity index (χ0) is 15.5. The number of nitrogens with zero attached hydrogens (tertiary/aromatic N) is 2. The van der Waals surface area contributed by atoms with E-state index in [9.17, 15) is 12.8 Å². The van der Waals surface area contributed by atoms with Crippen molar-refractivity contribution in [1.82, 2.24) is 14.6 Å². The van der Waals surface area contributed by atoms with E-state index in [1.165, 1.54) is 10.4 Å². The quantitative estimate of drug-likeness (QED) is 0.884. The van der Waals surface area contributed by atoms with Crippen LogP contribution in [0.5, 0.6) is 0 Å². The minimum absolute atomic E-state index is 0.101. The summed E-state index contributed by atoms with van der Waals surface area (Å²) >= 11 is 0. The van der Waals surface area contributed by atoms with E-state index < -0.39 is 15.4 Å². The molecule has 0 saturated carbocycles. The average molecular weight is 315 g/mol. The molecule has 0 amide bonds. The van der Waals surface area contributed by atoms with Gasteiger partial charge in [-0.25, -0.2) is 17.1 Å². The van der Waals surface area contributed by atoms with Gasteiger partial charge >= 0.3 is 0 Å². The van der Waals surface area contributed by atoms with Gasteiger partial charge in [0.15, 0.2) is 0 Å². The van der Waals surface area contributed by atoms with Gasteiger partial charge in [0.25, 0.3) is 0 Å². The van der Waals surface area contributed by atoms with Crippen molar-refractivity contribution in [2.24, 2.45) is 0 Å². The molecule has 1 aromatic heterocycles. The molecule has 1 aromatic rings. The zero-order valence-electron chi connectivity index (χ0n) is 12.5. The van der Waals surface area contributed by atoms with E-state index in [1.807, 2.05) is 7.05 Å². The monoisotopic (exact) mass is 315 g/mol. The van der Waals surface area contributed by atoms with E-state index in [4.69, 9.17) is 0 Å². The molecule has 118 valence electrons. The number of hydrogen-bond donors (Lipinski definition) is 1. The molecule has 0 aromatic carbocycles. The predicted octanol–water partition coefficient (Wildman–Crippen LogP) is 1.12. The molecule has 0 unspecified atom stereocenters. The third kappa shape index (κ3) is 3.25. The summed E-state index contributed by atoms with van der Waals surface area (Å²) in [5.74, 6) is -0.219. The lowest BCUT2D eigenvalue weighted by molar-refractivity contribution is 0.219. The Hall–Kier alpha value is -1.05. The molecule has 0 aliphatic carbocycles. The summed E-state index contributed by atoms with van der Waals surface area (Å²) in [4.78, 5) is 4.22. The van der Waals surface area contributed by atoms with Crippen molar-refractivity contribution >= 4 is 10.0 Å². The second-order valence-electron chi connectivity index (χ2n) is 5.44. The van der Waals surface area contributed by atoms with Crippen molar-refractivity contribution < 1.29 is 12.8 Å². The number of rotatable bonds is 5. The summed E-state index contributed by atoms with van der Waals surface area (Å²) < 4.78 is 39.5. The van der Waals surface area contributed by atoms with Gasteiger partial charge in [-0.05, 0) is 38.9 Å². The van der Waals surface area contributed by atoms with Crippen LogP contribution in [0, 0.1) is 5.82 Å². The summed E-state index contributed by atoms with van der Waals surface area (Å²) in [5, 5.41) is 3.10. The SMILES string of the molecule is CCS(=O)(=O)N1CCC(CNC)(c2ncccc2F)CC1. The van der Waals surface area contributed by atoms with Crippen LogP contribution in [0.2, 0.25) is 0 Å². The Labute approximate surface area is 125 Å². The molecule has 1 saturated heterocycles. The predicted molar refractivity (Wildman–Crippen MR) is 80.1 cm³/mol. The lowest BCUT2D eigenvalue weighted by Gasteiger charge is -2.40. The molecule has 0 spiro atoms. The van der Waals surface area contributed by atoms with Crippen LogP contribution in [0.25, 0.3) is 0 Å². The van der Waals surface area contributed by atoms with Crippen molar-refractivity contribution in [3.63, 3.8) is 0 Å². The van der Waals surface area contributed by atoms with E-state index in [1.54, 1.807) is 19.2 Å². The molecule has 2 rings (SSSR count). The molecule has 0 atom stereocenters. The standard InChI is InChI=1S/C14H22FN3O2S/c1-3-21(19,20)18-9-6-14(7-10-18,11-16-2)13-12(15)5-4-8-17-13/h4-5,8,16H,3,6-7,9-11H2,1-2H3. The Morgan fingerprint density at radius 1 is 1.43 bits per heavy atom. The molecule has 1 N–H and O–H groups in total. The molecule has 21 heavy (non-hydrogen) atoms. The van der Waals surface area contributed by atoms with Crippen molar-refractivity contribution in [3.8, 4) is 0 Å². The third-order valence-corrected chi connectivity index (χ3v) is 6.10. The summed E-state index contributed by atoms with van der Waals surface area (Å²) in [5.41, 5.74) is -0.00672. The molecule has 1 aliphatic heterocycles. The van der Waals surface area contributed by atoms with Gasteiger partial charge in [0.1, 0.15) is 5.82 Å². The summed E-state index contributed by atoms with van der Waals surface area (Å²) in [6.45, 7) is 3.05. The van der Waals surface area contributed by atoms with Gasteiger partial charge in [-0.2, -0.15) is 0 Å². The first kappa shape index (κ1) is 16.3. The molecule has 2 heterocycles. The minimum Gasteiger partial charge on any atom is -0.319 e. The number of pyridine rings is 1. The number of piperidine rings is 1. The highest BCUT2D eigenvalue weighted by molar-refractivity contribution is 7.89. The molecule has 1 fully saturated rings. The molecule has 5 nitrogen and oxygen atoms in total. The van der Waals surface area contributed by atoms with Crippen LogP contribution in [0.3, 0.4) is 0 Å². The molecule has 0 bridgehead atoms. The van der Waals surface area contributed by atoms with Crippen LogP contribution in [-0.2, 0) is 15.4 Å². The van der Waals surface area contributed by atoms with Crippen LogP contribution < -0.4 is 5.32 Å². The number of hydrogen-bond acceptors (Lipinski definition) is 4. The maximum Gasteiger partial charge on any atom is 0.213 e. The van der Waals surface area contributed by atoms with Gasteiger partial charge < -0.3 is 5.32 Å². The van der Waals surface area contributed by atoms with Crippen LogP contribution in [0.1, 0.15) is 25.5 Å². The van der Waals surface area contributed by atoms with Crippen LogP contribution in [0.4, 0.5) is 4.39 Å². The van der Waals surface area contributed by atoms with E-state index in [-0.39, 0.29) is 11.6 Å². The number of sulfonamides is 1.